The van der Waals surface area contributed by atoms with E-state index in [9.17, 15) is 9.59 Å². The fourth-order valence-corrected chi connectivity index (χ4v) is 1.59. The van der Waals surface area contributed by atoms with Crippen molar-refractivity contribution in [3.8, 4) is 0 Å². The molecule has 6 heteroatoms. The molecular weight excluding hydrogens is 224 g/mol. The summed E-state index contributed by atoms with van der Waals surface area (Å²) in [5.74, 6) is -0.0936. The molecule has 1 saturated heterocycles. The lowest BCUT2D eigenvalue weighted by molar-refractivity contribution is -0.129. The first-order chi connectivity index (χ1) is 8.24. The van der Waals surface area contributed by atoms with Crippen molar-refractivity contribution >= 4 is 11.8 Å². The average molecular weight is 244 g/mol. The van der Waals surface area contributed by atoms with Crippen LogP contribution in [0.25, 0.3) is 0 Å². The number of hydrogen-bond acceptors (Lipinski definition) is 4. The number of ether oxygens (including phenoxy) is 2. The number of carbonyl (C=O) groups is 2. The van der Waals surface area contributed by atoms with Gasteiger partial charge in [0.05, 0.1) is 25.7 Å². The summed E-state index contributed by atoms with van der Waals surface area (Å²) in [6.07, 6.45) is 1.06. The number of methoxy groups -OCH3 is 1. The van der Waals surface area contributed by atoms with Gasteiger partial charge in [0.2, 0.25) is 11.8 Å². The van der Waals surface area contributed by atoms with E-state index in [1.54, 1.807) is 7.11 Å². The Bertz CT molecular complexity index is 248. The number of nitrogens with one attached hydrogen (secondary N) is 2. The van der Waals surface area contributed by atoms with E-state index in [-0.39, 0.29) is 17.7 Å². The van der Waals surface area contributed by atoms with E-state index in [1.165, 1.54) is 0 Å². The third-order valence-corrected chi connectivity index (χ3v) is 2.61. The first-order valence-corrected chi connectivity index (χ1v) is 5.85. The van der Waals surface area contributed by atoms with Crippen molar-refractivity contribution in [2.45, 2.75) is 12.8 Å². The summed E-state index contributed by atoms with van der Waals surface area (Å²) in [6.45, 7) is 2.50. The lowest BCUT2D eigenvalue weighted by Gasteiger charge is -2.21. The fourth-order valence-electron chi connectivity index (χ4n) is 1.59. The SMILES string of the molecule is COCCOCCNC(=O)C1CCC(=O)NC1. The summed E-state index contributed by atoms with van der Waals surface area (Å²) in [4.78, 5) is 22.6. The summed E-state index contributed by atoms with van der Waals surface area (Å²) in [7, 11) is 1.61. The molecule has 1 heterocycles. The maximum atomic E-state index is 11.7. The zero-order valence-electron chi connectivity index (χ0n) is 10.2. The number of piperidine rings is 1. The number of hydrogen-bond donors (Lipinski definition) is 2. The molecule has 0 aromatic heterocycles. The van der Waals surface area contributed by atoms with Gasteiger partial charge >= 0.3 is 0 Å². The van der Waals surface area contributed by atoms with Gasteiger partial charge in [0.25, 0.3) is 0 Å². The maximum absolute atomic E-state index is 11.7. The van der Waals surface area contributed by atoms with Gasteiger partial charge in [0.15, 0.2) is 0 Å². The highest BCUT2D eigenvalue weighted by Crippen LogP contribution is 2.10. The van der Waals surface area contributed by atoms with Gasteiger partial charge in [-0.3, -0.25) is 9.59 Å². The van der Waals surface area contributed by atoms with E-state index < -0.39 is 0 Å². The Kier molecular flexibility index (Phi) is 6.57. The van der Waals surface area contributed by atoms with E-state index in [2.05, 4.69) is 10.6 Å². The monoisotopic (exact) mass is 244 g/mol. The molecule has 6 nitrogen and oxygen atoms in total. The quantitative estimate of drug-likeness (QED) is 0.580. The summed E-state index contributed by atoms with van der Waals surface area (Å²) in [5, 5.41) is 5.47. The maximum Gasteiger partial charge on any atom is 0.224 e. The first kappa shape index (κ1) is 13.9. The molecule has 0 aromatic carbocycles. The van der Waals surface area contributed by atoms with Crippen LogP contribution in [0.2, 0.25) is 0 Å². The minimum Gasteiger partial charge on any atom is -0.382 e. The number of amides is 2. The fraction of sp³-hybridized carbons (Fsp3) is 0.818. The molecule has 1 atom stereocenters. The Labute approximate surface area is 101 Å². The van der Waals surface area contributed by atoms with Crippen molar-refractivity contribution in [3.63, 3.8) is 0 Å². The van der Waals surface area contributed by atoms with Crippen molar-refractivity contribution in [1.82, 2.24) is 10.6 Å². The van der Waals surface area contributed by atoms with Gasteiger partial charge in [-0.25, -0.2) is 0 Å². The molecule has 1 aliphatic heterocycles. The predicted octanol–water partition coefficient (Wildman–Crippen LogP) is -0.708. The van der Waals surface area contributed by atoms with Gasteiger partial charge < -0.3 is 20.1 Å². The second-order valence-electron chi connectivity index (χ2n) is 3.94. The lowest BCUT2D eigenvalue weighted by atomic mass is 9.98. The van der Waals surface area contributed by atoms with Crippen LogP contribution >= 0.6 is 0 Å². The molecule has 1 rings (SSSR count). The van der Waals surface area contributed by atoms with Crippen molar-refractivity contribution in [1.29, 1.82) is 0 Å². The van der Waals surface area contributed by atoms with Gasteiger partial charge in [-0.1, -0.05) is 0 Å². The molecule has 1 fully saturated rings. The molecule has 2 amide bonds. The predicted molar refractivity (Wildman–Crippen MR) is 61.4 cm³/mol. The Morgan fingerprint density at radius 2 is 2.29 bits per heavy atom. The third-order valence-electron chi connectivity index (χ3n) is 2.61. The van der Waals surface area contributed by atoms with Crippen molar-refractivity contribution < 1.29 is 19.1 Å². The van der Waals surface area contributed by atoms with Crippen molar-refractivity contribution in [2.24, 2.45) is 5.92 Å². The van der Waals surface area contributed by atoms with E-state index in [4.69, 9.17) is 9.47 Å². The Hall–Kier alpha value is -1.14. The Balaban J connectivity index is 2.03. The Morgan fingerprint density at radius 3 is 2.94 bits per heavy atom. The van der Waals surface area contributed by atoms with Gasteiger partial charge in [-0.05, 0) is 6.42 Å². The van der Waals surface area contributed by atoms with Crippen LogP contribution in [0.5, 0.6) is 0 Å². The third kappa shape index (κ3) is 5.65. The Morgan fingerprint density at radius 1 is 1.47 bits per heavy atom. The van der Waals surface area contributed by atoms with Crippen LogP contribution in [0.1, 0.15) is 12.8 Å². The van der Waals surface area contributed by atoms with Crippen molar-refractivity contribution in [2.75, 3.05) is 40.0 Å². The summed E-state index contributed by atoms with van der Waals surface area (Å²) in [5.41, 5.74) is 0. The standard InChI is InChI=1S/C11H20N2O4/c1-16-6-7-17-5-4-12-11(15)9-2-3-10(14)13-8-9/h9H,2-8H2,1H3,(H,12,15)(H,13,14). The zero-order chi connectivity index (χ0) is 12.5. The topological polar surface area (TPSA) is 76.7 Å². The van der Waals surface area contributed by atoms with Crippen LogP contribution in [-0.4, -0.2) is 51.8 Å². The highest BCUT2D eigenvalue weighted by atomic mass is 16.5. The van der Waals surface area contributed by atoms with E-state index in [1.807, 2.05) is 0 Å². The highest BCUT2D eigenvalue weighted by Gasteiger charge is 2.23. The molecule has 0 radical (unpaired) electrons. The van der Waals surface area contributed by atoms with Gasteiger partial charge in [-0.2, -0.15) is 0 Å². The van der Waals surface area contributed by atoms with E-state index >= 15 is 0 Å². The summed E-state index contributed by atoms with van der Waals surface area (Å²) < 4.78 is 10.0. The lowest BCUT2D eigenvalue weighted by Crippen LogP contribution is -2.43. The molecule has 0 spiro atoms. The van der Waals surface area contributed by atoms with Crippen LogP contribution in [0.3, 0.4) is 0 Å². The minimum atomic E-state index is -0.105. The van der Waals surface area contributed by atoms with Crippen LogP contribution in [0.15, 0.2) is 0 Å². The smallest absolute Gasteiger partial charge is 0.224 e. The second-order valence-corrected chi connectivity index (χ2v) is 3.94. The molecular formula is C11H20N2O4. The van der Waals surface area contributed by atoms with Crippen molar-refractivity contribution in [3.05, 3.63) is 0 Å². The molecule has 98 valence electrons. The largest absolute Gasteiger partial charge is 0.382 e. The van der Waals surface area contributed by atoms with Crippen LogP contribution in [-0.2, 0) is 19.1 Å². The van der Waals surface area contributed by atoms with Crippen LogP contribution in [0, 0.1) is 5.92 Å². The average Bonchev–Trinajstić information content (AvgIpc) is 2.34. The minimum absolute atomic E-state index is 0.0136. The molecule has 0 saturated carbocycles. The van der Waals surface area contributed by atoms with Crippen LogP contribution < -0.4 is 10.6 Å². The highest BCUT2D eigenvalue weighted by molar-refractivity contribution is 5.83. The molecule has 1 unspecified atom stereocenters. The molecule has 2 N–H and O–H groups in total. The zero-order valence-corrected chi connectivity index (χ0v) is 10.2. The van der Waals surface area contributed by atoms with Gasteiger partial charge in [0, 0.05) is 26.6 Å². The van der Waals surface area contributed by atoms with Crippen LogP contribution in [0.4, 0.5) is 0 Å². The molecule has 17 heavy (non-hydrogen) atoms. The van der Waals surface area contributed by atoms with E-state index in [0.29, 0.717) is 45.8 Å². The number of rotatable bonds is 7. The summed E-state index contributed by atoms with van der Waals surface area (Å²) in [6, 6.07) is 0. The summed E-state index contributed by atoms with van der Waals surface area (Å²) >= 11 is 0. The molecule has 0 bridgehead atoms. The molecule has 0 aromatic rings. The van der Waals surface area contributed by atoms with Gasteiger partial charge in [-0.15, -0.1) is 0 Å². The first-order valence-electron chi connectivity index (χ1n) is 5.85. The number of carbonyl (C=O) groups excluding carboxylic acids is 2. The molecule has 1 aliphatic rings. The molecule has 0 aliphatic carbocycles. The van der Waals surface area contributed by atoms with Gasteiger partial charge in [0.1, 0.15) is 0 Å². The van der Waals surface area contributed by atoms with E-state index in [0.717, 1.165) is 0 Å². The normalized spacial score (nSPS) is 19.8. The second kappa shape index (κ2) is 8.03.